The van der Waals surface area contributed by atoms with Crippen LogP contribution in [0.4, 0.5) is 5.69 Å². The molecule has 10 heavy (non-hydrogen) atoms. The second-order valence-electron chi connectivity index (χ2n) is 2.41. The Balaban J connectivity index is 3.14. The van der Waals surface area contributed by atoms with Crippen molar-refractivity contribution < 1.29 is 5.48 Å². The second kappa shape index (κ2) is 2.82. The molecular formula is C8H11NO. The summed E-state index contributed by atoms with van der Waals surface area (Å²) in [5, 5.41) is 10.4. The first-order valence-corrected chi connectivity index (χ1v) is 3.27. The zero-order chi connectivity index (χ0) is 7.56. The third-order valence-corrected chi connectivity index (χ3v) is 1.77. The topological polar surface area (TPSA) is 39.7 Å². The predicted molar refractivity (Wildman–Crippen MR) is 40.9 cm³/mol. The van der Waals surface area contributed by atoms with Crippen LogP contribution >= 0.6 is 0 Å². The standard InChI is InChI=1S/C8H11NO/c1-6-4-3-5-8(9-10)7(6)2/h3-5H,9H2,1-2H3. The summed E-state index contributed by atoms with van der Waals surface area (Å²) in [6.45, 7) is 3.96. The lowest BCUT2D eigenvalue weighted by molar-refractivity contribution is -0.497. The fraction of sp³-hybridized carbons (Fsp3) is 0.250. The molecule has 2 nitrogen and oxygen atoms in total. The Bertz CT molecular complexity index is 233. The van der Waals surface area contributed by atoms with Gasteiger partial charge < -0.3 is 10.7 Å². The number of hydrogen-bond acceptors (Lipinski definition) is 1. The van der Waals surface area contributed by atoms with Crippen LogP contribution in [0.5, 0.6) is 0 Å². The molecule has 0 atom stereocenters. The van der Waals surface area contributed by atoms with Crippen LogP contribution in [-0.2, 0) is 0 Å². The molecule has 0 saturated carbocycles. The van der Waals surface area contributed by atoms with E-state index in [1.54, 1.807) is 0 Å². The Morgan fingerprint density at radius 3 is 2.50 bits per heavy atom. The van der Waals surface area contributed by atoms with Crippen LogP contribution in [0, 0.1) is 19.1 Å². The average molecular weight is 137 g/mol. The molecule has 54 valence electrons. The summed E-state index contributed by atoms with van der Waals surface area (Å²) in [4.78, 5) is 0. The Morgan fingerprint density at radius 1 is 1.30 bits per heavy atom. The highest BCUT2D eigenvalue weighted by Crippen LogP contribution is 2.12. The number of nitrogens with two attached hydrogens (primary N) is 1. The predicted octanol–water partition coefficient (Wildman–Crippen LogP) is 0.996. The van der Waals surface area contributed by atoms with Gasteiger partial charge in [-0.1, -0.05) is 12.1 Å². The van der Waals surface area contributed by atoms with Crippen LogP contribution in [-0.4, -0.2) is 0 Å². The maximum Gasteiger partial charge on any atom is 0.132 e. The molecule has 0 amide bonds. The Hall–Kier alpha value is -0.860. The van der Waals surface area contributed by atoms with Gasteiger partial charge in [-0.25, -0.2) is 0 Å². The average Bonchev–Trinajstić information content (AvgIpc) is 1.95. The minimum Gasteiger partial charge on any atom is -0.630 e. The lowest BCUT2D eigenvalue weighted by Gasteiger charge is -2.06. The van der Waals surface area contributed by atoms with Crippen molar-refractivity contribution in [2.75, 3.05) is 0 Å². The fourth-order valence-corrected chi connectivity index (χ4v) is 0.901. The number of quaternary nitrogens is 1. The fourth-order valence-electron chi connectivity index (χ4n) is 0.901. The molecular weight excluding hydrogens is 126 g/mol. The Labute approximate surface area is 60.5 Å². The van der Waals surface area contributed by atoms with Crippen molar-refractivity contribution in [3.63, 3.8) is 0 Å². The molecule has 2 heteroatoms. The van der Waals surface area contributed by atoms with E-state index in [2.05, 4.69) is 0 Å². The summed E-state index contributed by atoms with van der Waals surface area (Å²) in [5.41, 5.74) is 3.93. The molecule has 0 heterocycles. The van der Waals surface area contributed by atoms with E-state index in [-0.39, 0.29) is 0 Å². The lowest BCUT2D eigenvalue weighted by Crippen LogP contribution is -2.70. The molecule has 0 saturated heterocycles. The van der Waals surface area contributed by atoms with Gasteiger partial charge in [-0.15, -0.1) is 0 Å². The van der Waals surface area contributed by atoms with Crippen LogP contribution in [0.2, 0.25) is 0 Å². The van der Waals surface area contributed by atoms with Crippen molar-refractivity contribution in [2.45, 2.75) is 13.8 Å². The smallest absolute Gasteiger partial charge is 0.132 e. The first-order valence-electron chi connectivity index (χ1n) is 3.27. The van der Waals surface area contributed by atoms with Gasteiger partial charge in [-0.05, 0) is 25.5 Å². The van der Waals surface area contributed by atoms with Crippen molar-refractivity contribution in [3.05, 3.63) is 34.5 Å². The summed E-state index contributed by atoms with van der Waals surface area (Å²) in [6.07, 6.45) is 0. The zero-order valence-corrected chi connectivity index (χ0v) is 6.22. The molecule has 0 unspecified atom stereocenters. The molecule has 0 fully saturated rings. The van der Waals surface area contributed by atoms with Crippen molar-refractivity contribution >= 4 is 5.69 Å². The number of rotatable bonds is 1. The molecule has 0 radical (unpaired) electrons. The maximum atomic E-state index is 10.4. The summed E-state index contributed by atoms with van der Waals surface area (Å²) < 4.78 is 0. The van der Waals surface area contributed by atoms with Gasteiger partial charge in [0.1, 0.15) is 5.69 Å². The van der Waals surface area contributed by atoms with Gasteiger partial charge >= 0.3 is 0 Å². The molecule has 0 aliphatic rings. The normalized spacial score (nSPS) is 9.90. The minimum atomic E-state index is 0.792. The van der Waals surface area contributed by atoms with Crippen molar-refractivity contribution in [1.29, 1.82) is 0 Å². The first kappa shape index (κ1) is 7.25. The van der Waals surface area contributed by atoms with E-state index >= 15 is 0 Å². The highest BCUT2D eigenvalue weighted by molar-refractivity contribution is 5.42. The summed E-state index contributed by atoms with van der Waals surface area (Å²) in [7, 11) is 0. The van der Waals surface area contributed by atoms with Gasteiger partial charge in [0.2, 0.25) is 0 Å². The van der Waals surface area contributed by atoms with E-state index in [0.717, 1.165) is 16.7 Å². The van der Waals surface area contributed by atoms with E-state index in [1.165, 1.54) is 5.56 Å². The highest BCUT2D eigenvalue weighted by atomic mass is 16.5. The SMILES string of the molecule is Cc1cccc([NH2+][O-])c1C. The largest absolute Gasteiger partial charge is 0.630 e. The molecule has 0 aromatic heterocycles. The molecule has 1 rings (SSSR count). The third-order valence-electron chi connectivity index (χ3n) is 1.77. The van der Waals surface area contributed by atoms with Gasteiger partial charge in [0.25, 0.3) is 0 Å². The van der Waals surface area contributed by atoms with Crippen molar-refractivity contribution in [2.24, 2.45) is 0 Å². The summed E-state index contributed by atoms with van der Waals surface area (Å²) in [5.74, 6) is 0. The van der Waals surface area contributed by atoms with Crippen LogP contribution in [0.15, 0.2) is 18.2 Å². The molecule has 0 spiro atoms. The van der Waals surface area contributed by atoms with Crippen molar-refractivity contribution in [1.82, 2.24) is 0 Å². The molecule has 1 aromatic carbocycles. The van der Waals surface area contributed by atoms with E-state index in [0.29, 0.717) is 0 Å². The Morgan fingerprint density at radius 2 is 2.00 bits per heavy atom. The Kier molecular flexibility index (Phi) is 2.04. The quantitative estimate of drug-likeness (QED) is 0.455. The number of benzene rings is 1. The number of hydrogen-bond donors (Lipinski definition) is 1. The first-order chi connectivity index (χ1) is 4.75. The van der Waals surface area contributed by atoms with Gasteiger partial charge in [-0.2, -0.15) is 0 Å². The van der Waals surface area contributed by atoms with Crippen molar-refractivity contribution in [3.8, 4) is 0 Å². The van der Waals surface area contributed by atoms with Gasteiger partial charge in [0.15, 0.2) is 0 Å². The van der Waals surface area contributed by atoms with Crippen LogP contribution in [0.3, 0.4) is 0 Å². The van der Waals surface area contributed by atoms with Gasteiger partial charge in [0, 0.05) is 5.56 Å². The summed E-state index contributed by atoms with van der Waals surface area (Å²) >= 11 is 0. The number of aryl methyl sites for hydroxylation is 1. The monoisotopic (exact) mass is 137 g/mol. The molecule has 0 bridgehead atoms. The molecule has 0 aliphatic heterocycles. The van der Waals surface area contributed by atoms with E-state index in [9.17, 15) is 5.21 Å². The summed E-state index contributed by atoms with van der Waals surface area (Å²) in [6, 6.07) is 5.73. The van der Waals surface area contributed by atoms with Gasteiger partial charge in [-0.3, -0.25) is 0 Å². The van der Waals surface area contributed by atoms with E-state index in [4.69, 9.17) is 0 Å². The molecule has 0 aliphatic carbocycles. The van der Waals surface area contributed by atoms with Crippen LogP contribution < -0.4 is 5.48 Å². The van der Waals surface area contributed by atoms with E-state index in [1.807, 2.05) is 32.0 Å². The van der Waals surface area contributed by atoms with Crippen LogP contribution in [0.25, 0.3) is 0 Å². The van der Waals surface area contributed by atoms with Crippen LogP contribution in [0.1, 0.15) is 11.1 Å². The lowest BCUT2D eigenvalue weighted by atomic mass is 10.1. The third kappa shape index (κ3) is 1.17. The molecule has 1 aromatic rings. The highest BCUT2D eigenvalue weighted by Gasteiger charge is 1.98. The maximum absolute atomic E-state index is 10.4. The van der Waals surface area contributed by atoms with Gasteiger partial charge in [0.05, 0.1) is 0 Å². The minimum absolute atomic E-state index is 0.792. The zero-order valence-electron chi connectivity index (χ0n) is 6.22. The second-order valence-corrected chi connectivity index (χ2v) is 2.41. The molecule has 2 N–H and O–H groups in total. The van der Waals surface area contributed by atoms with E-state index < -0.39 is 0 Å².